The lowest BCUT2D eigenvalue weighted by Gasteiger charge is -2.07. The largest absolute Gasteiger partial charge is 0.380 e. The third kappa shape index (κ3) is 3.61. The molecule has 0 aliphatic heterocycles. The third-order valence-electron chi connectivity index (χ3n) is 4.11. The third-order valence-corrected chi connectivity index (χ3v) is 4.11. The van der Waals surface area contributed by atoms with Crippen molar-refractivity contribution in [3.63, 3.8) is 0 Å². The number of methoxy groups -OCH3 is 1. The van der Waals surface area contributed by atoms with Gasteiger partial charge in [0, 0.05) is 12.7 Å². The van der Waals surface area contributed by atoms with Gasteiger partial charge in [0.1, 0.15) is 0 Å². The smallest absolute Gasteiger partial charge is 0.159 e. The number of benzene rings is 3. The van der Waals surface area contributed by atoms with Crippen LogP contribution in [0.3, 0.4) is 0 Å². The second kappa shape index (κ2) is 7.24. The molecule has 0 N–H and O–H groups in total. The van der Waals surface area contributed by atoms with E-state index >= 15 is 0 Å². The second-order valence-corrected chi connectivity index (χ2v) is 5.84. The Bertz CT molecular complexity index is 813. The van der Waals surface area contributed by atoms with Crippen molar-refractivity contribution in [1.82, 2.24) is 0 Å². The minimum atomic E-state index is 0.0915. The molecule has 3 aromatic rings. The monoisotopic (exact) mass is 316 g/mol. The first-order valence-electron chi connectivity index (χ1n) is 7.97. The Morgan fingerprint density at radius 3 is 1.46 bits per heavy atom. The lowest BCUT2D eigenvalue weighted by atomic mass is 9.99. The van der Waals surface area contributed by atoms with E-state index in [0.29, 0.717) is 6.61 Å². The van der Waals surface area contributed by atoms with Crippen molar-refractivity contribution in [3.8, 4) is 22.3 Å². The Balaban J connectivity index is 1.81. The van der Waals surface area contributed by atoms with E-state index in [0.717, 1.165) is 16.7 Å². The maximum absolute atomic E-state index is 11.4. The summed E-state index contributed by atoms with van der Waals surface area (Å²) in [5.74, 6) is 0.0915. The topological polar surface area (TPSA) is 26.3 Å². The summed E-state index contributed by atoms with van der Waals surface area (Å²) in [6.45, 7) is 2.22. The summed E-state index contributed by atoms with van der Waals surface area (Å²) in [4.78, 5) is 11.4. The Hall–Kier alpha value is -2.71. The van der Waals surface area contributed by atoms with Crippen molar-refractivity contribution in [2.45, 2.75) is 13.5 Å². The van der Waals surface area contributed by atoms with E-state index < -0.39 is 0 Å². The van der Waals surface area contributed by atoms with Crippen LogP contribution in [0.1, 0.15) is 22.8 Å². The Kier molecular flexibility index (Phi) is 4.88. The fraction of sp³-hybridized carbons (Fsp3) is 0.136. The van der Waals surface area contributed by atoms with Crippen molar-refractivity contribution < 1.29 is 9.53 Å². The van der Waals surface area contributed by atoms with Crippen LogP contribution in [0, 0.1) is 0 Å². The minimum Gasteiger partial charge on any atom is -0.380 e. The zero-order valence-electron chi connectivity index (χ0n) is 14.0. The molecule has 0 saturated heterocycles. The standard InChI is InChI=1S/C22H20O2/c1-16(23)18-7-9-20(10-8-18)22-13-11-21(12-14-22)19-5-3-17(4-6-19)15-24-2/h3-14H,15H2,1-2H3. The molecule has 0 fully saturated rings. The van der Waals surface area contributed by atoms with Gasteiger partial charge in [-0.2, -0.15) is 0 Å². The average Bonchev–Trinajstić information content (AvgIpc) is 2.63. The molecule has 0 aliphatic rings. The van der Waals surface area contributed by atoms with Gasteiger partial charge in [0.15, 0.2) is 5.78 Å². The number of hydrogen-bond acceptors (Lipinski definition) is 2. The molecule has 2 nitrogen and oxygen atoms in total. The van der Waals surface area contributed by atoms with Gasteiger partial charge in [-0.05, 0) is 34.7 Å². The Morgan fingerprint density at radius 1 is 0.708 bits per heavy atom. The second-order valence-electron chi connectivity index (χ2n) is 5.84. The molecular formula is C22H20O2. The number of hydrogen-bond donors (Lipinski definition) is 0. The summed E-state index contributed by atoms with van der Waals surface area (Å²) in [7, 11) is 1.70. The van der Waals surface area contributed by atoms with E-state index in [1.54, 1.807) is 14.0 Å². The van der Waals surface area contributed by atoms with Gasteiger partial charge in [0.05, 0.1) is 6.61 Å². The molecule has 120 valence electrons. The van der Waals surface area contributed by atoms with E-state index in [2.05, 4.69) is 48.5 Å². The van der Waals surface area contributed by atoms with Crippen LogP contribution in [0.25, 0.3) is 22.3 Å². The molecular weight excluding hydrogens is 296 g/mol. The van der Waals surface area contributed by atoms with Crippen molar-refractivity contribution in [1.29, 1.82) is 0 Å². The van der Waals surface area contributed by atoms with Crippen molar-refractivity contribution in [2.75, 3.05) is 7.11 Å². The van der Waals surface area contributed by atoms with Crippen molar-refractivity contribution >= 4 is 5.78 Å². The van der Waals surface area contributed by atoms with Crippen LogP contribution in [0.15, 0.2) is 72.8 Å². The highest BCUT2D eigenvalue weighted by atomic mass is 16.5. The summed E-state index contributed by atoms with van der Waals surface area (Å²) in [5.41, 5.74) is 6.54. The number of rotatable bonds is 5. The number of Topliss-reactive ketones (excluding diaryl/α,β-unsaturated/α-hetero) is 1. The van der Waals surface area contributed by atoms with Gasteiger partial charge < -0.3 is 4.74 Å². The van der Waals surface area contributed by atoms with Gasteiger partial charge in [0.25, 0.3) is 0 Å². The summed E-state index contributed by atoms with van der Waals surface area (Å²) in [5, 5.41) is 0. The molecule has 0 atom stereocenters. The van der Waals surface area contributed by atoms with Gasteiger partial charge in [0.2, 0.25) is 0 Å². The van der Waals surface area contributed by atoms with E-state index in [4.69, 9.17) is 4.74 Å². The van der Waals surface area contributed by atoms with Crippen LogP contribution >= 0.6 is 0 Å². The van der Waals surface area contributed by atoms with E-state index in [1.165, 1.54) is 16.7 Å². The lowest BCUT2D eigenvalue weighted by Crippen LogP contribution is -1.90. The quantitative estimate of drug-likeness (QED) is 0.592. The summed E-state index contributed by atoms with van der Waals surface area (Å²) >= 11 is 0. The highest BCUT2D eigenvalue weighted by Crippen LogP contribution is 2.25. The van der Waals surface area contributed by atoms with Crippen LogP contribution in [0.5, 0.6) is 0 Å². The molecule has 3 rings (SSSR count). The SMILES string of the molecule is COCc1ccc(-c2ccc(-c3ccc(C(C)=O)cc3)cc2)cc1. The molecule has 0 unspecified atom stereocenters. The number of carbonyl (C=O) groups is 1. The molecule has 0 aliphatic carbocycles. The number of carbonyl (C=O) groups excluding carboxylic acids is 1. The Morgan fingerprint density at radius 2 is 1.08 bits per heavy atom. The summed E-state index contributed by atoms with van der Waals surface area (Å²) in [6, 6.07) is 24.6. The molecule has 0 heterocycles. The zero-order valence-corrected chi connectivity index (χ0v) is 14.0. The van der Waals surface area contributed by atoms with Crippen LogP contribution in [-0.4, -0.2) is 12.9 Å². The van der Waals surface area contributed by atoms with Gasteiger partial charge in [-0.3, -0.25) is 4.79 Å². The first kappa shape index (κ1) is 16.2. The first-order valence-corrected chi connectivity index (χ1v) is 7.97. The van der Waals surface area contributed by atoms with Gasteiger partial charge in [-0.15, -0.1) is 0 Å². The van der Waals surface area contributed by atoms with Gasteiger partial charge in [-0.1, -0.05) is 72.8 Å². The summed E-state index contributed by atoms with van der Waals surface area (Å²) in [6.07, 6.45) is 0. The fourth-order valence-electron chi connectivity index (χ4n) is 2.71. The molecule has 0 saturated carbocycles. The molecule has 0 amide bonds. The number of ether oxygens (including phenoxy) is 1. The van der Waals surface area contributed by atoms with Gasteiger partial charge >= 0.3 is 0 Å². The highest BCUT2D eigenvalue weighted by molar-refractivity contribution is 5.94. The van der Waals surface area contributed by atoms with E-state index in [-0.39, 0.29) is 5.78 Å². The van der Waals surface area contributed by atoms with Crippen LogP contribution in [0.4, 0.5) is 0 Å². The van der Waals surface area contributed by atoms with Crippen LogP contribution in [-0.2, 0) is 11.3 Å². The van der Waals surface area contributed by atoms with E-state index in [9.17, 15) is 4.79 Å². The molecule has 0 aromatic heterocycles. The van der Waals surface area contributed by atoms with E-state index in [1.807, 2.05) is 24.3 Å². The highest BCUT2D eigenvalue weighted by Gasteiger charge is 2.03. The predicted octanol–water partition coefficient (Wildman–Crippen LogP) is 5.37. The minimum absolute atomic E-state index is 0.0915. The lowest BCUT2D eigenvalue weighted by molar-refractivity contribution is 0.101. The molecule has 24 heavy (non-hydrogen) atoms. The molecule has 3 aromatic carbocycles. The number of ketones is 1. The summed E-state index contributed by atoms with van der Waals surface area (Å²) < 4.78 is 5.14. The molecule has 0 bridgehead atoms. The van der Waals surface area contributed by atoms with Crippen molar-refractivity contribution in [3.05, 3.63) is 83.9 Å². The van der Waals surface area contributed by atoms with Crippen molar-refractivity contribution in [2.24, 2.45) is 0 Å². The maximum Gasteiger partial charge on any atom is 0.159 e. The zero-order chi connectivity index (χ0) is 16.9. The Labute approximate surface area is 142 Å². The average molecular weight is 316 g/mol. The molecule has 2 heteroatoms. The van der Waals surface area contributed by atoms with Crippen LogP contribution in [0.2, 0.25) is 0 Å². The molecule has 0 radical (unpaired) electrons. The molecule has 0 spiro atoms. The maximum atomic E-state index is 11.4. The van der Waals surface area contributed by atoms with Crippen LogP contribution < -0.4 is 0 Å². The fourth-order valence-corrected chi connectivity index (χ4v) is 2.71. The predicted molar refractivity (Wildman–Crippen MR) is 98.0 cm³/mol. The first-order chi connectivity index (χ1) is 11.7. The normalized spacial score (nSPS) is 10.6. The van der Waals surface area contributed by atoms with Gasteiger partial charge in [-0.25, -0.2) is 0 Å².